The first-order chi connectivity index (χ1) is 12.1. The molecule has 25 heavy (non-hydrogen) atoms. The van der Waals surface area contributed by atoms with Crippen LogP contribution in [0.5, 0.6) is 11.5 Å². The number of carbonyl (C=O) groups is 2. The third-order valence-corrected chi connectivity index (χ3v) is 3.97. The van der Waals surface area contributed by atoms with E-state index in [-0.39, 0.29) is 12.2 Å². The highest BCUT2D eigenvalue weighted by Gasteiger charge is 2.13. The third-order valence-electron chi connectivity index (χ3n) is 3.97. The van der Waals surface area contributed by atoms with Gasteiger partial charge in [0.25, 0.3) is 0 Å². The minimum Gasteiger partial charge on any atom is -0.496 e. The van der Waals surface area contributed by atoms with Gasteiger partial charge in [-0.1, -0.05) is 30.3 Å². The maximum atomic E-state index is 12.3. The van der Waals surface area contributed by atoms with E-state index in [1.807, 2.05) is 36.4 Å². The van der Waals surface area contributed by atoms with Gasteiger partial charge in [0.15, 0.2) is 5.78 Å². The molecule has 0 aliphatic rings. The summed E-state index contributed by atoms with van der Waals surface area (Å²) in [5.41, 5.74) is 1.16. The van der Waals surface area contributed by atoms with Crippen LogP contribution in [0.25, 0.3) is 10.8 Å². The molecule has 0 saturated heterocycles. The number of Topliss-reactive ketones (excluding diaryl/α,β-unsaturated/α-hetero) is 1. The van der Waals surface area contributed by atoms with Crippen LogP contribution < -0.4 is 9.47 Å². The van der Waals surface area contributed by atoms with Crippen LogP contribution in [0.1, 0.15) is 22.8 Å². The van der Waals surface area contributed by atoms with Crippen LogP contribution >= 0.6 is 0 Å². The second kappa shape index (κ2) is 7.18. The normalized spacial score (nSPS) is 10.5. The van der Waals surface area contributed by atoms with Crippen molar-refractivity contribution >= 4 is 22.5 Å². The predicted octanol–water partition coefficient (Wildman–Crippen LogP) is 4.20. The summed E-state index contributed by atoms with van der Waals surface area (Å²) in [6.07, 6.45) is 0.0249. The van der Waals surface area contributed by atoms with Crippen LogP contribution in [0, 0.1) is 0 Å². The maximum Gasteiger partial charge on any atom is 0.315 e. The van der Waals surface area contributed by atoms with E-state index in [0.29, 0.717) is 22.6 Å². The number of fused-ring (bicyclic) bond motifs is 1. The molecule has 3 aromatic carbocycles. The first kappa shape index (κ1) is 16.7. The predicted molar refractivity (Wildman–Crippen MR) is 96.3 cm³/mol. The molecule has 0 fully saturated rings. The molecule has 0 saturated carbocycles. The van der Waals surface area contributed by atoms with Gasteiger partial charge in [0.05, 0.1) is 13.5 Å². The van der Waals surface area contributed by atoms with Crippen molar-refractivity contribution in [2.24, 2.45) is 0 Å². The van der Waals surface area contributed by atoms with E-state index in [1.54, 1.807) is 24.3 Å². The fraction of sp³-hybridized carbons (Fsp3) is 0.143. The van der Waals surface area contributed by atoms with Crippen LogP contribution in [-0.4, -0.2) is 18.9 Å². The van der Waals surface area contributed by atoms with Gasteiger partial charge < -0.3 is 9.47 Å². The van der Waals surface area contributed by atoms with Crippen LogP contribution in [-0.2, 0) is 11.2 Å². The van der Waals surface area contributed by atoms with E-state index < -0.39 is 5.97 Å². The van der Waals surface area contributed by atoms with E-state index in [4.69, 9.17) is 9.47 Å². The zero-order valence-corrected chi connectivity index (χ0v) is 14.1. The fourth-order valence-electron chi connectivity index (χ4n) is 2.69. The Hall–Kier alpha value is -3.14. The molecule has 0 N–H and O–H groups in total. The minimum absolute atomic E-state index is 0.0249. The van der Waals surface area contributed by atoms with Gasteiger partial charge in [-0.05, 0) is 48.0 Å². The van der Waals surface area contributed by atoms with E-state index in [0.717, 1.165) is 10.8 Å². The first-order valence-corrected chi connectivity index (χ1v) is 7.94. The zero-order valence-electron chi connectivity index (χ0n) is 14.1. The van der Waals surface area contributed by atoms with E-state index in [1.165, 1.54) is 14.0 Å². The number of benzene rings is 3. The number of hydrogen-bond donors (Lipinski definition) is 0. The van der Waals surface area contributed by atoms with E-state index >= 15 is 0 Å². The Labute approximate surface area is 146 Å². The lowest BCUT2D eigenvalue weighted by molar-refractivity contribution is -0.133. The topological polar surface area (TPSA) is 52.6 Å². The van der Waals surface area contributed by atoms with Gasteiger partial charge in [-0.2, -0.15) is 0 Å². The number of ketones is 1. The summed E-state index contributed by atoms with van der Waals surface area (Å²) in [5, 5.41) is 2.09. The Kier molecular flexibility index (Phi) is 4.80. The summed E-state index contributed by atoms with van der Waals surface area (Å²) in [6, 6.07) is 18.4. The molecule has 126 valence electrons. The molecular formula is C21H18O4. The van der Waals surface area contributed by atoms with Gasteiger partial charge in [-0.3, -0.25) is 9.59 Å². The number of hydrogen-bond acceptors (Lipinski definition) is 4. The molecule has 0 unspecified atom stereocenters. The van der Waals surface area contributed by atoms with Crippen molar-refractivity contribution in [3.8, 4) is 11.5 Å². The average Bonchev–Trinajstić information content (AvgIpc) is 2.61. The third kappa shape index (κ3) is 3.86. The van der Waals surface area contributed by atoms with Crippen molar-refractivity contribution in [3.05, 3.63) is 71.8 Å². The van der Waals surface area contributed by atoms with Gasteiger partial charge >= 0.3 is 5.97 Å². The Morgan fingerprint density at radius 3 is 2.40 bits per heavy atom. The van der Waals surface area contributed by atoms with Gasteiger partial charge in [0.1, 0.15) is 11.5 Å². The second-order valence-electron chi connectivity index (χ2n) is 5.74. The zero-order chi connectivity index (χ0) is 17.8. The van der Waals surface area contributed by atoms with Crippen molar-refractivity contribution in [1.29, 1.82) is 0 Å². The molecule has 0 amide bonds. The molecule has 0 aromatic heterocycles. The number of esters is 1. The minimum atomic E-state index is -0.408. The maximum absolute atomic E-state index is 12.3. The number of ether oxygens (including phenoxy) is 2. The SMILES string of the molecule is COc1ccc(C(C)=O)cc1CC(=O)Oc1ccc2ccccc2c1. The molecule has 3 aromatic rings. The average molecular weight is 334 g/mol. The molecule has 0 aliphatic heterocycles. The lowest BCUT2D eigenvalue weighted by atomic mass is 10.0. The van der Waals surface area contributed by atoms with Crippen molar-refractivity contribution in [2.75, 3.05) is 7.11 Å². The smallest absolute Gasteiger partial charge is 0.315 e. The summed E-state index contributed by atoms with van der Waals surface area (Å²) >= 11 is 0. The van der Waals surface area contributed by atoms with Crippen LogP contribution in [0.4, 0.5) is 0 Å². The van der Waals surface area contributed by atoms with E-state index in [2.05, 4.69) is 0 Å². The van der Waals surface area contributed by atoms with Gasteiger partial charge in [-0.25, -0.2) is 0 Å². The highest BCUT2D eigenvalue weighted by atomic mass is 16.5. The number of methoxy groups -OCH3 is 1. The molecule has 0 bridgehead atoms. The van der Waals surface area contributed by atoms with E-state index in [9.17, 15) is 9.59 Å². The second-order valence-corrected chi connectivity index (χ2v) is 5.74. The molecule has 0 atom stereocenters. The molecule has 0 radical (unpaired) electrons. The van der Waals surface area contributed by atoms with Crippen molar-refractivity contribution in [1.82, 2.24) is 0 Å². The number of rotatable bonds is 5. The van der Waals surface area contributed by atoms with Crippen LogP contribution in [0.2, 0.25) is 0 Å². The standard InChI is InChI=1S/C21H18O4/c1-14(22)16-8-10-20(24-2)18(11-16)13-21(23)25-19-9-7-15-5-3-4-6-17(15)12-19/h3-12H,13H2,1-2H3. The summed E-state index contributed by atoms with van der Waals surface area (Å²) in [7, 11) is 1.53. The Morgan fingerprint density at radius 2 is 1.68 bits per heavy atom. The Balaban J connectivity index is 1.79. The van der Waals surface area contributed by atoms with Crippen LogP contribution in [0.15, 0.2) is 60.7 Å². The molecule has 4 nitrogen and oxygen atoms in total. The van der Waals surface area contributed by atoms with Crippen molar-refractivity contribution < 1.29 is 19.1 Å². The largest absolute Gasteiger partial charge is 0.496 e. The Bertz CT molecular complexity index is 944. The summed E-state index contributed by atoms with van der Waals surface area (Å²) in [4.78, 5) is 23.8. The quantitative estimate of drug-likeness (QED) is 0.399. The highest BCUT2D eigenvalue weighted by molar-refractivity contribution is 5.94. The highest BCUT2D eigenvalue weighted by Crippen LogP contribution is 2.23. The van der Waals surface area contributed by atoms with Crippen LogP contribution in [0.3, 0.4) is 0 Å². The van der Waals surface area contributed by atoms with Crippen molar-refractivity contribution in [2.45, 2.75) is 13.3 Å². The molecule has 0 aliphatic carbocycles. The fourth-order valence-corrected chi connectivity index (χ4v) is 2.69. The lowest BCUT2D eigenvalue weighted by Gasteiger charge is -2.10. The monoisotopic (exact) mass is 334 g/mol. The van der Waals surface area contributed by atoms with Gasteiger partial charge in [0, 0.05) is 11.1 Å². The number of carbonyl (C=O) groups excluding carboxylic acids is 2. The summed E-state index contributed by atoms with van der Waals surface area (Å²) < 4.78 is 10.7. The van der Waals surface area contributed by atoms with Crippen molar-refractivity contribution in [3.63, 3.8) is 0 Å². The summed E-state index contributed by atoms with van der Waals surface area (Å²) in [6.45, 7) is 1.49. The first-order valence-electron chi connectivity index (χ1n) is 7.94. The van der Waals surface area contributed by atoms with Gasteiger partial charge in [0.2, 0.25) is 0 Å². The molecule has 4 heteroatoms. The lowest BCUT2D eigenvalue weighted by Crippen LogP contribution is -2.12. The molecular weight excluding hydrogens is 316 g/mol. The molecule has 0 heterocycles. The molecule has 0 spiro atoms. The summed E-state index contributed by atoms with van der Waals surface area (Å²) in [5.74, 6) is 0.576. The van der Waals surface area contributed by atoms with Gasteiger partial charge in [-0.15, -0.1) is 0 Å². The Morgan fingerprint density at radius 1 is 0.920 bits per heavy atom. The molecule has 3 rings (SSSR count).